The van der Waals surface area contributed by atoms with Crippen molar-refractivity contribution in [2.24, 2.45) is 5.73 Å². The van der Waals surface area contributed by atoms with Gasteiger partial charge in [-0.05, 0) is 64.5 Å². The molecule has 0 spiro atoms. The Morgan fingerprint density at radius 3 is 2.11 bits per heavy atom. The van der Waals surface area contributed by atoms with Gasteiger partial charge in [0.1, 0.15) is 0 Å². The minimum atomic E-state index is -0.578. The van der Waals surface area contributed by atoms with Gasteiger partial charge < -0.3 is 15.7 Å². The Hall–Kier alpha value is -0.900. The van der Waals surface area contributed by atoms with Crippen LogP contribution in [0.2, 0.25) is 0 Å². The monoisotopic (exact) mass is 250 g/mol. The summed E-state index contributed by atoms with van der Waals surface area (Å²) in [5.41, 5.74) is 10.6. The summed E-state index contributed by atoms with van der Waals surface area (Å²) in [6.45, 7) is 7.04. The number of benzene rings is 1. The Morgan fingerprint density at radius 1 is 1.17 bits per heavy atom. The molecule has 3 nitrogen and oxygen atoms in total. The van der Waals surface area contributed by atoms with E-state index in [0.717, 1.165) is 29.7 Å². The first-order valence-corrected chi connectivity index (χ1v) is 6.49. The standard InChI is InChI=1S/C15H26N2O/c1-10-8-11(2)14(12(3)9-10)15(18)13(16)6-7-17(4)5/h8-9,13,15,18H,6-7,16H2,1-5H3. The van der Waals surface area contributed by atoms with Crippen molar-refractivity contribution in [2.45, 2.75) is 39.3 Å². The average molecular weight is 250 g/mol. The van der Waals surface area contributed by atoms with Gasteiger partial charge in [-0.3, -0.25) is 0 Å². The van der Waals surface area contributed by atoms with Gasteiger partial charge >= 0.3 is 0 Å². The highest BCUT2D eigenvalue weighted by atomic mass is 16.3. The molecule has 102 valence electrons. The molecule has 3 N–H and O–H groups in total. The molecule has 3 heteroatoms. The molecule has 0 amide bonds. The number of aliphatic hydroxyl groups is 1. The van der Waals surface area contributed by atoms with E-state index in [1.54, 1.807) is 0 Å². The van der Waals surface area contributed by atoms with Crippen LogP contribution >= 0.6 is 0 Å². The van der Waals surface area contributed by atoms with Crippen LogP contribution in [-0.4, -0.2) is 36.7 Å². The number of hydrogen-bond acceptors (Lipinski definition) is 3. The van der Waals surface area contributed by atoms with Crippen LogP contribution in [0.1, 0.15) is 34.8 Å². The second kappa shape index (κ2) is 6.32. The molecule has 0 radical (unpaired) electrons. The van der Waals surface area contributed by atoms with Crippen molar-refractivity contribution in [2.75, 3.05) is 20.6 Å². The van der Waals surface area contributed by atoms with Gasteiger partial charge in [-0.1, -0.05) is 17.7 Å². The number of hydrogen-bond donors (Lipinski definition) is 2. The van der Waals surface area contributed by atoms with E-state index in [1.165, 1.54) is 5.56 Å². The quantitative estimate of drug-likeness (QED) is 0.839. The maximum atomic E-state index is 10.4. The molecule has 0 bridgehead atoms. The molecular weight excluding hydrogens is 224 g/mol. The Kier molecular flexibility index (Phi) is 5.32. The van der Waals surface area contributed by atoms with Gasteiger partial charge in [0.25, 0.3) is 0 Å². The molecule has 1 rings (SSSR count). The molecule has 0 saturated carbocycles. The third-order valence-electron chi connectivity index (χ3n) is 3.35. The van der Waals surface area contributed by atoms with Crippen molar-refractivity contribution >= 4 is 0 Å². The van der Waals surface area contributed by atoms with Crippen LogP contribution in [0.3, 0.4) is 0 Å². The number of aryl methyl sites for hydroxylation is 3. The van der Waals surface area contributed by atoms with Crippen LogP contribution in [-0.2, 0) is 0 Å². The van der Waals surface area contributed by atoms with Crippen LogP contribution in [0.25, 0.3) is 0 Å². The lowest BCUT2D eigenvalue weighted by atomic mass is 9.91. The molecule has 0 fully saturated rings. The molecule has 1 aromatic carbocycles. The van der Waals surface area contributed by atoms with E-state index in [2.05, 4.69) is 24.0 Å². The van der Waals surface area contributed by atoms with Crippen molar-refractivity contribution in [1.82, 2.24) is 4.90 Å². The lowest BCUT2D eigenvalue weighted by Gasteiger charge is -2.24. The topological polar surface area (TPSA) is 49.5 Å². The van der Waals surface area contributed by atoms with Gasteiger partial charge in [0, 0.05) is 6.04 Å². The first-order chi connectivity index (χ1) is 8.32. The normalized spacial score (nSPS) is 14.9. The summed E-state index contributed by atoms with van der Waals surface area (Å²) >= 11 is 0. The Morgan fingerprint density at radius 2 is 1.67 bits per heavy atom. The van der Waals surface area contributed by atoms with Crippen LogP contribution in [0, 0.1) is 20.8 Å². The Labute approximate surface area is 111 Å². The first kappa shape index (κ1) is 15.2. The molecular formula is C15H26N2O. The van der Waals surface area contributed by atoms with Crippen molar-refractivity contribution in [3.8, 4) is 0 Å². The fourth-order valence-corrected chi connectivity index (χ4v) is 2.44. The number of rotatable bonds is 5. The maximum Gasteiger partial charge on any atom is 0.0946 e. The van der Waals surface area contributed by atoms with Crippen LogP contribution in [0.5, 0.6) is 0 Å². The van der Waals surface area contributed by atoms with Crippen molar-refractivity contribution in [1.29, 1.82) is 0 Å². The fraction of sp³-hybridized carbons (Fsp3) is 0.600. The average Bonchev–Trinajstić information content (AvgIpc) is 2.24. The third kappa shape index (κ3) is 3.80. The Bertz CT molecular complexity index is 378. The summed E-state index contributed by atoms with van der Waals surface area (Å²) < 4.78 is 0. The zero-order valence-corrected chi connectivity index (χ0v) is 12.2. The van der Waals surface area contributed by atoms with Crippen molar-refractivity contribution in [3.63, 3.8) is 0 Å². The van der Waals surface area contributed by atoms with Gasteiger partial charge in [0.05, 0.1) is 6.10 Å². The van der Waals surface area contributed by atoms with E-state index in [1.807, 2.05) is 27.9 Å². The highest BCUT2D eigenvalue weighted by Crippen LogP contribution is 2.26. The molecule has 0 aliphatic rings. The van der Waals surface area contributed by atoms with E-state index < -0.39 is 6.10 Å². The fourth-order valence-electron chi connectivity index (χ4n) is 2.44. The van der Waals surface area contributed by atoms with Crippen LogP contribution in [0.4, 0.5) is 0 Å². The highest BCUT2D eigenvalue weighted by Gasteiger charge is 2.20. The van der Waals surface area contributed by atoms with Crippen LogP contribution < -0.4 is 5.73 Å². The number of nitrogens with zero attached hydrogens (tertiary/aromatic N) is 1. The van der Waals surface area contributed by atoms with Gasteiger partial charge in [-0.25, -0.2) is 0 Å². The summed E-state index contributed by atoms with van der Waals surface area (Å²) in [4.78, 5) is 2.08. The molecule has 0 saturated heterocycles. The summed E-state index contributed by atoms with van der Waals surface area (Å²) in [6, 6.07) is 3.99. The van der Waals surface area contributed by atoms with E-state index in [9.17, 15) is 5.11 Å². The minimum absolute atomic E-state index is 0.215. The van der Waals surface area contributed by atoms with Gasteiger partial charge in [0.2, 0.25) is 0 Å². The lowest BCUT2D eigenvalue weighted by molar-refractivity contribution is 0.136. The molecule has 2 unspecified atom stereocenters. The SMILES string of the molecule is Cc1cc(C)c(C(O)C(N)CCN(C)C)c(C)c1. The lowest BCUT2D eigenvalue weighted by Crippen LogP contribution is -2.32. The molecule has 18 heavy (non-hydrogen) atoms. The molecule has 0 aliphatic heterocycles. The van der Waals surface area contributed by atoms with E-state index in [0.29, 0.717) is 0 Å². The Balaban J connectivity index is 2.86. The zero-order chi connectivity index (χ0) is 13.9. The van der Waals surface area contributed by atoms with Gasteiger partial charge in [-0.2, -0.15) is 0 Å². The predicted octanol–water partition coefficient (Wildman–Crippen LogP) is 1.92. The van der Waals surface area contributed by atoms with E-state index in [4.69, 9.17) is 5.73 Å². The van der Waals surface area contributed by atoms with Gasteiger partial charge in [0.15, 0.2) is 0 Å². The smallest absolute Gasteiger partial charge is 0.0946 e. The highest BCUT2D eigenvalue weighted by molar-refractivity contribution is 5.39. The number of nitrogens with two attached hydrogens (primary N) is 1. The zero-order valence-electron chi connectivity index (χ0n) is 12.2. The van der Waals surface area contributed by atoms with Gasteiger partial charge in [-0.15, -0.1) is 0 Å². The third-order valence-corrected chi connectivity index (χ3v) is 3.35. The van der Waals surface area contributed by atoms with E-state index in [-0.39, 0.29) is 6.04 Å². The molecule has 0 aliphatic carbocycles. The minimum Gasteiger partial charge on any atom is -0.387 e. The summed E-state index contributed by atoms with van der Waals surface area (Å²) in [6.07, 6.45) is 0.214. The summed E-state index contributed by atoms with van der Waals surface area (Å²) in [5.74, 6) is 0. The largest absolute Gasteiger partial charge is 0.387 e. The van der Waals surface area contributed by atoms with E-state index >= 15 is 0 Å². The maximum absolute atomic E-state index is 10.4. The summed E-state index contributed by atoms with van der Waals surface area (Å²) in [7, 11) is 4.03. The first-order valence-electron chi connectivity index (χ1n) is 6.49. The second-order valence-electron chi connectivity index (χ2n) is 5.51. The summed E-state index contributed by atoms with van der Waals surface area (Å²) in [5, 5.41) is 10.4. The number of aliphatic hydroxyl groups excluding tert-OH is 1. The van der Waals surface area contributed by atoms with Crippen molar-refractivity contribution < 1.29 is 5.11 Å². The predicted molar refractivity (Wildman–Crippen MR) is 76.8 cm³/mol. The second-order valence-corrected chi connectivity index (χ2v) is 5.51. The van der Waals surface area contributed by atoms with Crippen molar-refractivity contribution in [3.05, 3.63) is 34.4 Å². The molecule has 0 aromatic heterocycles. The molecule has 0 heterocycles. The molecule has 2 atom stereocenters. The molecule has 1 aromatic rings. The van der Waals surface area contributed by atoms with Crippen LogP contribution in [0.15, 0.2) is 12.1 Å².